The summed E-state index contributed by atoms with van der Waals surface area (Å²) >= 11 is 5.89. The molecule has 1 atom stereocenters. The van der Waals surface area contributed by atoms with Crippen LogP contribution < -0.4 is 10.9 Å². The van der Waals surface area contributed by atoms with Crippen molar-refractivity contribution in [2.75, 3.05) is 0 Å². The molecule has 1 rings (SSSR count). The van der Waals surface area contributed by atoms with Gasteiger partial charge in [0.05, 0.1) is 5.56 Å². The molecule has 1 heterocycles. The summed E-state index contributed by atoms with van der Waals surface area (Å²) in [6.07, 6.45) is 3.60. The Morgan fingerprint density at radius 2 is 2.16 bits per heavy atom. The van der Waals surface area contributed by atoms with E-state index in [0.29, 0.717) is 5.56 Å². The van der Waals surface area contributed by atoms with Gasteiger partial charge in [0.1, 0.15) is 5.15 Å². The van der Waals surface area contributed by atoms with Crippen LogP contribution in [0.3, 0.4) is 0 Å². The van der Waals surface area contributed by atoms with Crippen LogP contribution in [0.4, 0.5) is 0 Å². The van der Waals surface area contributed by atoms with Gasteiger partial charge < -0.3 is 0 Å². The summed E-state index contributed by atoms with van der Waals surface area (Å²) in [5, 5.41) is 0.213. The van der Waals surface area contributed by atoms with E-state index in [1.807, 2.05) is 0 Å². The number of nitrogens with zero attached hydrogens (tertiary/aromatic N) is 1. The minimum atomic E-state index is -0.261. The van der Waals surface area contributed by atoms with Gasteiger partial charge in [-0.25, -0.2) is 10.4 Å². The molecule has 0 fully saturated rings. The van der Waals surface area contributed by atoms with E-state index in [-0.39, 0.29) is 22.5 Å². The molecule has 1 aromatic rings. The molecule has 106 valence electrons. The zero-order valence-electron chi connectivity index (χ0n) is 12.0. The van der Waals surface area contributed by atoms with Crippen LogP contribution in [0.15, 0.2) is 18.3 Å². The maximum Gasteiger partial charge on any atom is 0.268 e. The van der Waals surface area contributed by atoms with Crippen LogP contribution in [0.2, 0.25) is 5.15 Å². The van der Waals surface area contributed by atoms with Gasteiger partial charge in [0.25, 0.3) is 5.91 Å². The summed E-state index contributed by atoms with van der Waals surface area (Å²) in [6, 6.07) is 3.55. The summed E-state index contributed by atoms with van der Waals surface area (Å²) in [5.41, 5.74) is 6.27. The molecule has 0 saturated heterocycles. The monoisotopic (exact) mass is 283 g/mol. The van der Waals surface area contributed by atoms with Gasteiger partial charge in [0.2, 0.25) is 0 Å². The number of carbonyl (C=O) groups excluding carboxylic acids is 1. The standard InChI is InChI=1S/C14H22ClN3O/c1-5-7-11(14(2,3)4)17-18-13(19)10-8-6-9-16-12(10)15/h6,8-9,11,17H,5,7H2,1-4H3,(H,18,19). The number of hydrogen-bond acceptors (Lipinski definition) is 3. The van der Waals surface area contributed by atoms with Crippen LogP contribution in [0.1, 0.15) is 50.9 Å². The lowest BCUT2D eigenvalue weighted by Crippen LogP contribution is -2.50. The van der Waals surface area contributed by atoms with Crippen LogP contribution in [0.25, 0.3) is 0 Å². The lowest BCUT2D eigenvalue weighted by Gasteiger charge is -2.31. The Bertz CT molecular complexity index is 429. The van der Waals surface area contributed by atoms with E-state index in [1.165, 1.54) is 0 Å². The maximum absolute atomic E-state index is 12.0. The van der Waals surface area contributed by atoms with Crippen molar-refractivity contribution in [3.05, 3.63) is 29.0 Å². The molecule has 5 heteroatoms. The first-order valence-corrected chi connectivity index (χ1v) is 6.90. The number of aromatic nitrogens is 1. The Morgan fingerprint density at radius 3 is 2.68 bits per heavy atom. The molecule has 1 unspecified atom stereocenters. The smallest absolute Gasteiger partial charge is 0.268 e. The summed E-state index contributed by atoms with van der Waals surface area (Å²) in [7, 11) is 0. The molecular weight excluding hydrogens is 262 g/mol. The van der Waals surface area contributed by atoms with Gasteiger partial charge in [-0.05, 0) is 24.0 Å². The van der Waals surface area contributed by atoms with Crippen molar-refractivity contribution in [2.24, 2.45) is 5.41 Å². The zero-order chi connectivity index (χ0) is 14.5. The van der Waals surface area contributed by atoms with Crippen molar-refractivity contribution in [1.29, 1.82) is 0 Å². The van der Waals surface area contributed by atoms with E-state index in [0.717, 1.165) is 12.8 Å². The van der Waals surface area contributed by atoms with Gasteiger partial charge in [-0.15, -0.1) is 0 Å². The summed E-state index contributed by atoms with van der Waals surface area (Å²) in [6.45, 7) is 8.55. The third kappa shape index (κ3) is 4.80. The third-order valence-electron chi connectivity index (χ3n) is 2.99. The predicted octanol–water partition coefficient (Wildman–Crippen LogP) is 3.18. The molecule has 0 spiro atoms. The fourth-order valence-electron chi connectivity index (χ4n) is 1.79. The highest BCUT2D eigenvalue weighted by atomic mass is 35.5. The minimum absolute atomic E-state index is 0.0715. The van der Waals surface area contributed by atoms with Gasteiger partial charge in [-0.2, -0.15) is 0 Å². The van der Waals surface area contributed by atoms with E-state index < -0.39 is 0 Å². The second-order valence-electron chi connectivity index (χ2n) is 5.65. The summed E-state index contributed by atoms with van der Waals surface area (Å²) < 4.78 is 0. The molecule has 19 heavy (non-hydrogen) atoms. The number of amides is 1. The quantitative estimate of drug-likeness (QED) is 0.645. The van der Waals surface area contributed by atoms with Gasteiger partial charge in [0, 0.05) is 12.2 Å². The van der Waals surface area contributed by atoms with Gasteiger partial charge in [-0.1, -0.05) is 45.7 Å². The van der Waals surface area contributed by atoms with E-state index in [4.69, 9.17) is 11.6 Å². The first-order chi connectivity index (χ1) is 8.86. The first kappa shape index (κ1) is 15.9. The molecule has 0 aliphatic rings. The fourth-order valence-corrected chi connectivity index (χ4v) is 1.99. The molecule has 0 saturated carbocycles. The Hall–Kier alpha value is -1.13. The van der Waals surface area contributed by atoms with Crippen molar-refractivity contribution in [3.63, 3.8) is 0 Å². The number of nitrogens with one attached hydrogen (secondary N) is 2. The molecule has 4 nitrogen and oxygen atoms in total. The topological polar surface area (TPSA) is 54.0 Å². The summed E-state index contributed by atoms with van der Waals surface area (Å²) in [4.78, 5) is 15.9. The predicted molar refractivity (Wildman–Crippen MR) is 78.0 cm³/mol. The minimum Gasteiger partial charge on any atom is -0.287 e. The van der Waals surface area contributed by atoms with Crippen LogP contribution in [0, 0.1) is 5.41 Å². The van der Waals surface area contributed by atoms with Crippen molar-refractivity contribution in [1.82, 2.24) is 15.8 Å². The molecule has 0 aliphatic heterocycles. The molecule has 0 aromatic carbocycles. The van der Waals surface area contributed by atoms with Crippen LogP contribution in [-0.2, 0) is 0 Å². The largest absolute Gasteiger partial charge is 0.287 e. The third-order valence-corrected chi connectivity index (χ3v) is 3.29. The molecule has 0 bridgehead atoms. The lowest BCUT2D eigenvalue weighted by atomic mass is 9.84. The van der Waals surface area contributed by atoms with E-state index in [9.17, 15) is 4.79 Å². The maximum atomic E-state index is 12.0. The Morgan fingerprint density at radius 1 is 1.47 bits per heavy atom. The SMILES string of the molecule is CCCC(NNC(=O)c1cccnc1Cl)C(C)(C)C. The zero-order valence-corrected chi connectivity index (χ0v) is 12.7. The number of hydrazine groups is 1. The van der Waals surface area contributed by atoms with E-state index in [2.05, 4.69) is 43.5 Å². The second-order valence-corrected chi connectivity index (χ2v) is 6.01. The number of pyridine rings is 1. The van der Waals surface area contributed by atoms with Crippen LogP contribution >= 0.6 is 11.6 Å². The first-order valence-electron chi connectivity index (χ1n) is 6.52. The molecular formula is C14H22ClN3O. The lowest BCUT2D eigenvalue weighted by molar-refractivity contribution is 0.0904. The van der Waals surface area contributed by atoms with E-state index >= 15 is 0 Å². The molecule has 2 N–H and O–H groups in total. The van der Waals surface area contributed by atoms with Crippen molar-refractivity contribution >= 4 is 17.5 Å². The van der Waals surface area contributed by atoms with E-state index in [1.54, 1.807) is 18.3 Å². The van der Waals surface area contributed by atoms with Gasteiger partial charge in [-0.3, -0.25) is 10.2 Å². The normalized spacial score (nSPS) is 13.1. The number of carbonyl (C=O) groups is 1. The van der Waals surface area contributed by atoms with Gasteiger partial charge in [0.15, 0.2) is 0 Å². The van der Waals surface area contributed by atoms with Crippen molar-refractivity contribution in [2.45, 2.75) is 46.6 Å². The highest BCUT2D eigenvalue weighted by Crippen LogP contribution is 2.22. The molecule has 0 radical (unpaired) electrons. The number of hydrogen-bond donors (Lipinski definition) is 2. The van der Waals surface area contributed by atoms with Crippen molar-refractivity contribution in [3.8, 4) is 0 Å². The highest BCUT2D eigenvalue weighted by molar-refractivity contribution is 6.32. The Kier molecular flexibility index (Phi) is 5.76. The number of halogens is 1. The highest BCUT2D eigenvalue weighted by Gasteiger charge is 2.24. The Labute approximate surface area is 119 Å². The molecule has 1 amide bonds. The average Bonchev–Trinajstić information content (AvgIpc) is 2.33. The average molecular weight is 284 g/mol. The van der Waals surface area contributed by atoms with Gasteiger partial charge >= 0.3 is 0 Å². The Balaban J connectivity index is 2.65. The summed E-state index contributed by atoms with van der Waals surface area (Å²) in [5.74, 6) is -0.261. The van der Waals surface area contributed by atoms with Crippen molar-refractivity contribution < 1.29 is 4.79 Å². The molecule has 0 aliphatic carbocycles. The fraction of sp³-hybridized carbons (Fsp3) is 0.571. The van der Waals surface area contributed by atoms with Crippen LogP contribution in [-0.4, -0.2) is 16.9 Å². The second kappa shape index (κ2) is 6.87. The molecule has 1 aromatic heterocycles. The number of rotatable bonds is 5. The van der Waals surface area contributed by atoms with Crippen LogP contribution in [0.5, 0.6) is 0 Å².